The Kier molecular flexibility index (Phi) is 2.84. The van der Waals surface area contributed by atoms with Gasteiger partial charge in [-0.25, -0.2) is 0 Å². The number of nitrogens with zero attached hydrogens (tertiary/aromatic N) is 3. The highest BCUT2D eigenvalue weighted by atomic mass is 35.5. The smallest absolute Gasteiger partial charge is 0.226 e. The van der Waals surface area contributed by atoms with Crippen molar-refractivity contribution in [3.63, 3.8) is 0 Å². The van der Waals surface area contributed by atoms with E-state index >= 15 is 0 Å². The van der Waals surface area contributed by atoms with Crippen LogP contribution in [0.3, 0.4) is 0 Å². The molecule has 1 saturated carbocycles. The Morgan fingerprint density at radius 1 is 1.41 bits per heavy atom. The van der Waals surface area contributed by atoms with Gasteiger partial charge >= 0.3 is 0 Å². The molecule has 1 aliphatic rings. The minimum absolute atomic E-state index is 0.243. The minimum Gasteiger partial charge on any atom is -0.369 e. The van der Waals surface area contributed by atoms with Crippen molar-refractivity contribution >= 4 is 28.5 Å². The molecule has 0 saturated heterocycles. The summed E-state index contributed by atoms with van der Waals surface area (Å²) >= 11 is 5.85. The average Bonchev–Trinajstić information content (AvgIpc) is 2.69. The molecular weight excluding hydrogens is 238 g/mol. The topological polar surface area (TPSA) is 66.5 Å². The number of hydrogen-bond acceptors (Lipinski definition) is 4. The molecule has 0 aliphatic heterocycles. The van der Waals surface area contributed by atoms with Crippen LogP contribution in [0.1, 0.15) is 25.7 Å². The number of fused-ring (bicyclic) bond motifs is 1. The zero-order valence-electron chi connectivity index (χ0n) is 9.41. The van der Waals surface area contributed by atoms with Gasteiger partial charge in [0.15, 0.2) is 5.65 Å². The molecule has 0 aromatic carbocycles. The van der Waals surface area contributed by atoms with Crippen LogP contribution in [0.25, 0.3) is 11.0 Å². The molecule has 2 heterocycles. The number of aromatic nitrogens is 4. The molecular formula is C11H14ClN5. The van der Waals surface area contributed by atoms with E-state index in [1.807, 2.05) is 0 Å². The van der Waals surface area contributed by atoms with Gasteiger partial charge in [0.1, 0.15) is 5.82 Å². The number of hydrogen-bond donors (Lipinski definition) is 2. The lowest BCUT2D eigenvalue weighted by atomic mass is 9.83. The second-order valence-corrected chi connectivity index (χ2v) is 4.82. The molecule has 3 rings (SSSR count). The monoisotopic (exact) mass is 251 g/mol. The molecule has 2 N–H and O–H groups in total. The highest BCUT2D eigenvalue weighted by Gasteiger charge is 2.17. The Bertz CT molecular complexity index is 520. The number of halogens is 1. The van der Waals surface area contributed by atoms with Crippen molar-refractivity contribution in [2.45, 2.75) is 25.7 Å². The van der Waals surface area contributed by atoms with Gasteiger partial charge in [-0.3, -0.25) is 5.10 Å². The Morgan fingerprint density at radius 2 is 2.29 bits per heavy atom. The standard InChI is InChI=1S/C11H14ClN5/c12-11-15-9(8-6-14-17-10(8)16-11)13-5-4-7-2-1-3-7/h6-7H,1-5H2,(H2,13,14,15,16,17). The molecule has 1 aliphatic carbocycles. The summed E-state index contributed by atoms with van der Waals surface area (Å²) < 4.78 is 0. The van der Waals surface area contributed by atoms with E-state index in [1.54, 1.807) is 6.20 Å². The molecule has 0 bridgehead atoms. The first-order valence-corrected chi connectivity index (χ1v) is 6.31. The first-order valence-electron chi connectivity index (χ1n) is 5.93. The number of rotatable bonds is 4. The summed E-state index contributed by atoms with van der Waals surface area (Å²) in [7, 11) is 0. The van der Waals surface area contributed by atoms with Crippen molar-refractivity contribution in [1.82, 2.24) is 20.2 Å². The SMILES string of the molecule is Clc1nc(NCCC2CCC2)c2cn[nH]c2n1. The van der Waals surface area contributed by atoms with Crippen LogP contribution in [-0.4, -0.2) is 26.7 Å². The predicted octanol–water partition coefficient (Wildman–Crippen LogP) is 2.61. The third kappa shape index (κ3) is 2.20. The normalized spacial score (nSPS) is 16.1. The fraction of sp³-hybridized carbons (Fsp3) is 0.545. The lowest BCUT2D eigenvalue weighted by Gasteiger charge is -2.25. The van der Waals surface area contributed by atoms with Gasteiger partial charge in [0.2, 0.25) is 5.28 Å². The largest absolute Gasteiger partial charge is 0.369 e. The van der Waals surface area contributed by atoms with Crippen LogP contribution in [0, 0.1) is 5.92 Å². The molecule has 17 heavy (non-hydrogen) atoms. The lowest BCUT2D eigenvalue weighted by Crippen LogP contribution is -2.16. The third-order valence-electron chi connectivity index (χ3n) is 3.35. The van der Waals surface area contributed by atoms with Crippen molar-refractivity contribution in [3.8, 4) is 0 Å². The zero-order valence-corrected chi connectivity index (χ0v) is 10.2. The quantitative estimate of drug-likeness (QED) is 0.820. The molecule has 0 unspecified atom stereocenters. The van der Waals surface area contributed by atoms with Crippen LogP contribution in [0.15, 0.2) is 6.20 Å². The average molecular weight is 252 g/mol. The first-order chi connectivity index (χ1) is 8.33. The first kappa shape index (κ1) is 10.8. The van der Waals surface area contributed by atoms with Gasteiger partial charge in [-0.2, -0.15) is 15.1 Å². The molecule has 1 fully saturated rings. The Morgan fingerprint density at radius 3 is 3.06 bits per heavy atom. The lowest BCUT2D eigenvalue weighted by molar-refractivity contribution is 0.303. The third-order valence-corrected chi connectivity index (χ3v) is 3.52. The van der Waals surface area contributed by atoms with Crippen LogP contribution in [0.5, 0.6) is 0 Å². The van der Waals surface area contributed by atoms with Crippen molar-refractivity contribution in [1.29, 1.82) is 0 Å². The molecule has 0 radical (unpaired) electrons. The van der Waals surface area contributed by atoms with Gasteiger partial charge in [-0.1, -0.05) is 19.3 Å². The molecule has 0 atom stereocenters. The number of nitrogens with one attached hydrogen (secondary N) is 2. The van der Waals surface area contributed by atoms with E-state index in [0.717, 1.165) is 23.7 Å². The summed E-state index contributed by atoms with van der Waals surface area (Å²) in [6.45, 7) is 0.929. The second kappa shape index (κ2) is 4.49. The molecule has 0 amide bonds. The summed E-state index contributed by atoms with van der Waals surface area (Å²) in [5.74, 6) is 1.66. The van der Waals surface area contributed by atoms with Gasteiger partial charge in [0, 0.05) is 6.54 Å². The fourth-order valence-corrected chi connectivity index (χ4v) is 2.29. The Hall–Kier alpha value is -1.36. The summed E-state index contributed by atoms with van der Waals surface area (Å²) in [5.41, 5.74) is 0.677. The summed E-state index contributed by atoms with van der Waals surface area (Å²) in [4.78, 5) is 8.26. The van der Waals surface area contributed by atoms with Gasteiger partial charge < -0.3 is 5.32 Å². The zero-order chi connectivity index (χ0) is 11.7. The number of anilines is 1. The maximum atomic E-state index is 5.85. The van der Waals surface area contributed by atoms with Crippen molar-refractivity contribution in [3.05, 3.63) is 11.5 Å². The highest BCUT2D eigenvalue weighted by molar-refractivity contribution is 6.28. The molecule has 0 spiro atoms. The van der Waals surface area contributed by atoms with E-state index in [2.05, 4.69) is 25.5 Å². The van der Waals surface area contributed by atoms with E-state index in [-0.39, 0.29) is 5.28 Å². The molecule has 6 heteroatoms. The minimum atomic E-state index is 0.243. The van der Waals surface area contributed by atoms with Crippen molar-refractivity contribution in [2.75, 3.05) is 11.9 Å². The molecule has 2 aromatic heterocycles. The fourth-order valence-electron chi connectivity index (χ4n) is 2.12. The maximum Gasteiger partial charge on any atom is 0.226 e. The van der Waals surface area contributed by atoms with Gasteiger partial charge in [-0.05, 0) is 23.9 Å². The molecule has 2 aromatic rings. The maximum absolute atomic E-state index is 5.85. The van der Waals surface area contributed by atoms with E-state index in [1.165, 1.54) is 25.7 Å². The number of H-pyrrole nitrogens is 1. The van der Waals surface area contributed by atoms with Crippen LogP contribution in [-0.2, 0) is 0 Å². The number of aromatic amines is 1. The Labute approximate surface area is 104 Å². The summed E-state index contributed by atoms with van der Waals surface area (Å²) in [6, 6.07) is 0. The van der Waals surface area contributed by atoms with Gasteiger partial charge in [0.25, 0.3) is 0 Å². The van der Waals surface area contributed by atoms with Crippen LogP contribution < -0.4 is 5.32 Å². The van der Waals surface area contributed by atoms with Crippen molar-refractivity contribution < 1.29 is 0 Å². The van der Waals surface area contributed by atoms with Crippen LogP contribution >= 0.6 is 11.6 Å². The van der Waals surface area contributed by atoms with Crippen LogP contribution in [0.4, 0.5) is 5.82 Å². The van der Waals surface area contributed by atoms with E-state index in [0.29, 0.717) is 5.65 Å². The Balaban J connectivity index is 1.72. The second-order valence-electron chi connectivity index (χ2n) is 4.49. The molecule has 90 valence electrons. The highest BCUT2D eigenvalue weighted by Crippen LogP contribution is 2.29. The summed E-state index contributed by atoms with van der Waals surface area (Å²) in [6.07, 6.45) is 7.04. The van der Waals surface area contributed by atoms with E-state index in [9.17, 15) is 0 Å². The van der Waals surface area contributed by atoms with Crippen LogP contribution in [0.2, 0.25) is 5.28 Å². The van der Waals surface area contributed by atoms with Gasteiger partial charge in [0.05, 0.1) is 11.6 Å². The van der Waals surface area contributed by atoms with E-state index in [4.69, 9.17) is 11.6 Å². The molecule has 5 nitrogen and oxygen atoms in total. The predicted molar refractivity (Wildman–Crippen MR) is 67.1 cm³/mol. The van der Waals surface area contributed by atoms with Crippen molar-refractivity contribution in [2.24, 2.45) is 5.92 Å². The summed E-state index contributed by atoms with van der Waals surface area (Å²) in [5, 5.41) is 11.2. The van der Waals surface area contributed by atoms with E-state index < -0.39 is 0 Å². The van der Waals surface area contributed by atoms with Gasteiger partial charge in [-0.15, -0.1) is 0 Å².